The molecule has 0 unspecified atom stereocenters. The van der Waals surface area contributed by atoms with Crippen LogP contribution in [0.4, 0.5) is 4.79 Å². The zero-order valence-corrected chi connectivity index (χ0v) is 30.3. The van der Waals surface area contributed by atoms with Crippen LogP contribution in [0.25, 0.3) is 42.9 Å². The molecule has 0 saturated carbocycles. The molecular formula is C40H37ClN6O2S2. The second kappa shape index (κ2) is 16.1. The third kappa shape index (κ3) is 7.64. The Labute approximate surface area is 311 Å². The van der Waals surface area contributed by atoms with E-state index in [-0.39, 0.29) is 31.1 Å². The van der Waals surface area contributed by atoms with E-state index in [1.807, 2.05) is 78.0 Å². The van der Waals surface area contributed by atoms with Crippen LogP contribution >= 0.6 is 35.1 Å². The first kappa shape index (κ1) is 34.7. The summed E-state index contributed by atoms with van der Waals surface area (Å²) in [6.45, 7) is 2.06. The molecule has 7 aromatic rings. The predicted octanol–water partition coefficient (Wildman–Crippen LogP) is 10.0. The van der Waals surface area contributed by atoms with Gasteiger partial charge in [0.1, 0.15) is 37.3 Å². The number of fused-ring (bicyclic) bond motifs is 2. The van der Waals surface area contributed by atoms with E-state index in [0.717, 1.165) is 61.8 Å². The molecule has 4 aromatic heterocycles. The molecule has 9 rings (SSSR count). The number of nitrogens with zero attached hydrogens (tertiary/aromatic N) is 5. The number of amides is 1. The van der Waals surface area contributed by atoms with Crippen molar-refractivity contribution in [1.82, 2.24) is 30.2 Å². The maximum atomic E-state index is 12.8. The highest BCUT2D eigenvalue weighted by Gasteiger charge is 2.34. The molecule has 51 heavy (non-hydrogen) atoms. The number of rotatable bonds is 6. The van der Waals surface area contributed by atoms with Gasteiger partial charge in [0.05, 0.1) is 12.1 Å². The van der Waals surface area contributed by atoms with Crippen molar-refractivity contribution in [3.63, 3.8) is 0 Å². The lowest BCUT2D eigenvalue weighted by Gasteiger charge is -2.22. The summed E-state index contributed by atoms with van der Waals surface area (Å²) in [7, 11) is 0. The number of pyridine rings is 2. The molecule has 2 aliphatic heterocycles. The summed E-state index contributed by atoms with van der Waals surface area (Å²) >= 11 is 3.29. The van der Waals surface area contributed by atoms with Crippen molar-refractivity contribution in [2.24, 2.45) is 0 Å². The fraction of sp³-hybridized carbons (Fsp3) is 0.225. The maximum Gasteiger partial charge on any atom is 0.410 e. The monoisotopic (exact) mass is 732 g/mol. The first-order valence-corrected chi connectivity index (χ1v) is 18.7. The molecule has 0 bridgehead atoms. The number of benzene rings is 3. The molecule has 2 atom stereocenters. The van der Waals surface area contributed by atoms with Gasteiger partial charge in [-0.15, -0.1) is 12.4 Å². The van der Waals surface area contributed by atoms with Gasteiger partial charge in [-0.25, -0.2) is 24.7 Å². The molecular weight excluding hydrogens is 696 g/mol. The fourth-order valence-electron chi connectivity index (χ4n) is 6.63. The third-order valence-corrected chi connectivity index (χ3v) is 11.3. The van der Waals surface area contributed by atoms with Gasteiger partial charge < -0.3 is 10.1 Å². The van der Waals surface area contributed by atoms with E-state index in [2.05, 4.69) is 57.7 Å². The number of ether oxygens (including phenoxy) is 1. The van der Waals surface area contributed by atoms with Crippen molar-refractivity contribution in [3.8, 4) is 22.3 Å². The molecule has 258 valence electrons. The zero-order chi connectivity index (χ0) is 33.7. The highest BCUT2D eigenvalue weighted by atomic mass is 35.5. The van der Waals surface area contributed by atoms with E-state index in [1.165, 1.54) is 29.0 Å². The number of hydrogen-bond acceptors (Lipinski definition) is 9. The van der Waals surface area contributed by atoms with Crippen LogP contribution in [0.3, 0.4) is 0 Å². The van der Waals surface area contributed by atoms with Gasteiger partial charge in [-0.05, 0) is 61.1 Å². The van der Waals surface area contributed by atoms with E-state index < -0.39 is 0 Å². The van der Waals surface area contributed by atoms with Crippen molar-refractivity contribution in [3.05, 3.63) is 131 Å². The van der Waals surface area contributed by atoms with Crippen LogP contribution in [-0.2, 0) is 11.3 Å². The quantitative estimate of drug-likeness (QED) is 0.182. The Morgan fingerprint density at radius 1 is 0.725 bits per heavy atom. The number of thiazole rings is 2. The Kier molecular flexibility index (Phi) is 10.9. The van der Waals surface area contributed by atoms with E-state index in [0.29, 0.717) is 12.6 Å². The van der Waals surface area contributed by atoms with Crippen molar-refractivity contribution in [1.29, 1.82) is 0 Å². The van der Waals surface area contributed by atoms with Gasteiger partial charge in [-0.3, -0.25) is 4.90 Å². The molecule has 2 aliphatic rings. The van der Waals surface area contributed by atoms with Crippen molar-refractivity contribution >= 4 is 61.9 Å². The molecule has 8 nitrogen and oxygen atoms in total. The van der Waals surface area contributed by atoms with Gasteiger partial charge in [-0.2, -0.15) is 0 Å². The van der Waals surface area contributed by atoms with Crippen LogP contribution < -0.4 is 5.32 Å². The molecule has 3 aromatic carbocycles. The second-order valence-corrected chi connectivity index (χ2v) is 14.4. The summed E-state index contributed by atoms with van der Waals surface area (Å²) in [4.78, 5) is 35.3. The van der Waals surface area contributed by atoms with E-state index in [9.17, 15) is 4.79 Å². The lowest BCUT2D eigenvalue weighted by molar-refractivity contribution is 0.0920. The Morgan fingerprint density at radius 3 is 1.88 bits per heavy atom. The van der Waals surface area contributed by atoms with Crippen LogP contribution in [0.2, 0.25) is 0 Å². The average molecular weight is 733 g/mol. The second-order valence-electron chi connectivity index (χ2n) is 12.4. The van der Waals surface area contributed by atoms with Crippen LogP contribution in [0.5, 0.6) is 0 Å². The van der Waals surface area contributed by atoms with Gasteiger partial charge >= 0.3 is 6.09 Å². The molecule has 6 heterocycles. The summed E-state index contributed by atoms with van der Waals surface area (Å²) in [5.41, 5.74) is 7.48. The van der Waals surface area contributed by atoms with Crippen LogP contribution in [0, 0.1) is 0 Å². The number of aromatic nitrogens is 4. The number of carbonyl (C=O) groups excluding carboxylic acids is 1. The summed E-state index contributed by atoms with van der Waals surface area (Å²) in [6.07, 6.45) is 7.68. The fourth-order valence-corrected chi connectivity index (χ4v) is 8.76. The largest absolute Gasteiger partial charge is 0.445 e. The highest BCUT2D eigenvalue weighted by molar-refractivity contribution is 7.18. The Balaban J connectivity index is 0.000000168. The van der Waals surface area contributed by atoms with Gasteiger partial charge in [0.2, 0.25) is 0 Å². The molecule has 2 fully saturated rings. The average Bonchev–Trinajstić information content (AvgIpc) is 4.01. The van der Waals surface area contributed by atoms with Crippen LogP contribution in [-0.4, -0.2) is 44.0 Å². The van der Waals surface area contributed by atoms with Gasteiger partial charge in [0.15, 0.2) is 0 Å². The van der Waals surface area contributed by atoms with E-state index in [4.69, 9.17) is 14.7 Å². The first-order valence-electron chi connectivity index (χ1n) is 17.0. The van der Waals surface area contributed by atoms with Gasteiger partial charge in [-0.1, -0.05) is 114 Å². The van der Waals surface area contributed by atoms with Crippen molar-refractivity contribution in [2.75, 3.05) is 13.1 Å². The Bertz CT molecular complexity index is 2210. The van der Waals surface area contributed by atoms with E-state index in [1.54, 1.807) is 22.7 Å². The van der Waals surface area contributed by atoms with Crippen molar-refractivity contribution in [2.45, 2.75) is 44.4 Å². The SMILES string of the molecule is Cl.O=C(OCc1ccccc1)N1CCC[C@H]1c1nc2c(-c3ccccc3)ccnc2s1.c1ccc(-c2ccnc3sc([C@@H]4CCCN4)nc23)cc1. The Morgan fingerprint density at radius 2 is 1.29 bits per heavy atom. The van der Waals surface area contributed by atoms with Crippen LogP contribution in [0.1, 0.15) is 53.3 Å². The minimum Gasteiger partial charge on any atom is -0.445 e. The lowest BCUT2D eigenvalue weighted by atomic mass is 10.1. The molecule has 1 amide bonds. The standard InChI is InChI=1S/C24H21N3O2S.C16H15N3S.ClH/c28-24(29-16-17-8-3-1-4-9-17)27-15-7-12-20(27)22-26-21-19(13-14-25-23(21)30-22)18-10-5-2-6-11-18;1-2-5-11(6-3-1)12-8-10-18-16-14(12)19-15(20-16)13-7-4-9-17-13;/h1-6,8-11,13-14,20H,7,12,15-16H2;1-3,5-6,8,10,13,17H,4,7,9H2;1H/t20-;13-;/m00./s1. The van der Waals surface area contributed by atoms with Gasteiger partial charge in [0.25, 0.3) is 0 Å². The number of carbonyl (C=O) groups is 1. The minimum atomic E-state index is -0.281. The summed E-state index contributed by atoms with van der Waals surface area (Å²) < 4.78 is 5.58. The number of nitrogens with one attached hydrogen (secondary N) is 1. The molecule has 1 N–H and O–H groups in total. The van der Waals surface area contributed by atoms with E-state index >= 15 is 0 Å². The van der Waals surface area contributed by atoms with Crippen LogP contribution in [0.15, 0.2) is 116 Å². The number of likely N-dealkylation sites (tertiary alicyclic amines) is 1. The topological polar surface area (TPSA) is 93.1 Å². The minimum absolute atomic E-state index is 0. The summed E-state index contributed by atoms with van der Waals surface area (Å²) in [5.74, 6) is 0. The van der Waals surface area contributed by atoms with Gasteiger partial charge in [0, 0.05) is 30.1 Å². The molecule has 11 heteroatoms. The first-order chi connectivity index (χ1) is 24.7. The molecule has 0 radical (unpaired) electrons. The molecule has 0 spiro atoms. The third-order valence-electron chi connectivity index (χ3n) is 9.13. The number of halogens is 1. The molecule has 0 aliphatic carbocycles. The maximum absolute atomic E-state index is 12.8. The summed E-state index contributed by atoms with van der Waals surface area (Å²) in [5, 5.41) is 5.61. The Hall–Kier alpha value is -4.74. The lowest BCUT2D eigenvalue weighted by Crippen LogP contribution is -2.31. The predicted molar refractivity (Wildman–Crippen MR) is 208 cm³/mol. The summed E-state index contributed by atoms with van der Waals surface area (Å²) in [6, 6.07) is 34.8. The highest BCUT2D eigenvalue weighted by Crippen LogP contribution is 2.39. The molecule has 2 saturated heterocycles. The smallest absolute Gasteiger partial charge is 0.410 e. The normalized spacial score (nSPS) is 16.8. The number of hydrogen-bond donors (Lipinski definition) is 1. The zero-order valence-electron chi connectivity index (χ0n) is 27.9. The van der Waals surface area contributed by atoms with Crippen molar-refractivity contribution < 1.29 is 9.53 Å².